The van der Waals surface area contributed by atoms with Crippen LogP contribution in [0.15, 0.2) is 0 Å². The first-order valence-corrected chi connectivity index (χ1v) is 10.8. The van der Waals surface area contributed by atoms with Crippen LogP contribution in [0.1, 0.15) is 0 Å². The van der Waals surface area contributed by atoms with Gasteiger partial charge in [-0.15, -0.1) is 0 Å². The quantitative estimate of drug-likeness (QED) is 0.409. The summed E-state index contributed by atoms with van der Waals surface area (Å²) < 4.78 is 0. The van der Waals surface area contributed by atoms with Crippen LogP contribution in [-0.4, -0.2) is 38.3 Å². The molecule has 0 radical (unpaired) electrons. The van der Waals surface area contributed by atoms with Crippen LogP contribution in [0.2, 0.25) is 0 Å². The fourth-order valence-electron chi connectivity index (χ4n) is 0.335. The normalized spacial score (nSPS) is 13.1. The second kappa shape index (κ2) is 6.44. The summed E-state index contributed by atoms with van der Waals surface area (Å²) in [6, 6.07) is 0. The molecule has 4 rings (SSSR count). The average Bonchev–Trinajstić information content (AvgIpc) is 1.71. The Bertz CT molecular complexity index is 164. The van der Waals surface area contributed by atoms with Crippen LogP contribution < -0.4 is 0 Å². The largest absolute Gasteiger partial charge is 0.412 e. The molecule has 76 valence electrons. The Morgan fingerprint density at radius 1 is 0.273 bits per heavy atom. The minimum atomic E-state index is 0. The van der Waals surface area contributed by atoms with Gasteiger partial charge in [0.1, 0.15) is 0 Å². The van der Waals surface area contributed by atoms with E-state index in [0.717, 1.165) is 25.5 Å². The van der Waals surface area contributed by atoms with E-state index in [-0.39, 0.29) is 38.3 Å². The molecule has 0 unspecified atom stereocenters. The van der Waals surface area contributed by atoms with E-state index in [1.165, 1.54) is 0 Å². The molecule has 0 bridgehead atoms. The minimum absolute atomic E-state index is 0. The van der Waals surface area contributed by atoms with Crippen LogP contribution >= 0.6 is 25.5 Å². The van der Waals surface area contributed by atoms with E-state index >= 15 is 0 Å². The molecule has 0 fully saturated rings. The molecule has 4 heterocycles. The lowest BCUT2D eigenvalue weighted by Crippen LogP contribution is -0.290. The minimum Gasteiger partial charge on any atom is -0.412 e. The summed E-state index contributed by atoms with van der Waals surface area (Å²) in [5, 5.41) is 0. The molecule has 14 N–H and O–H groups in total. The van der Waals surface area contributed by atoms with Gasteiger partial charge in [0.2, 0.25) is 0 Å². The van der Waals surface area contributed by atoms with Crippen molar-refractivity contribution in [2.45, 2.75) is 0 Å². The van der Waals surface area contributed by atoms with E-state index in [2.05, 4.69) is 0 Å². The van der Waals surface area contributed by atoms with Gasteiger partial charge in [0, 0.05) is 25.5 Å². The SMILES string of the molecule is O.O.O.O.O.O.O.p12p3p1p23. The van der Waals surface area contributed by atoms with E-state index < -0.39 is 0 Å². The Hall–Kier alpha value is 0.920. The third kappa shape index (κ3) is 3.03. The molecule has 7 nitrogen and oxygen atoms in total. The molecule has 0 atom stereocenters. The zero-order chi connectivity index (χ0) is 2.31. The van der Waals surface area contributed by atoms with Crippen LogP contribution in [0.25, 0.3) is 0 Å². The van der Waals surface area contributed by atoms with Gasteiger partial charge in [-0.3, -0.25) is 0 Å². The summed E-state index contributed by atoms with van der Waals surface area (Å²) in [5.41, 5.74) is 0. The summed E-state index contributed by atoms with van der Waals surface area (Å²) in [6.07, 6.45) is 4.30. The maximum Gasteiger partial charge on any atom is 0 e. The molecule has 4 aromatic heterocycles. The molecular formula is H14O7P4. The van der Waals surface area contributed by atoms with Crippen molar-refractivity contribution in [2.24, 2.45) is 0 Å². The summed E-state index contributed by atoms with van der Waals surface area (Å²) in [6.45, 7) is 0. The highest BCUT2D eigenvalue weighted by Gasteiger charge is 2.45. The van der Waals surface area contributed by atoms with Crippen molar-refractivity contribution in [2.75, 3.05) is 0 Å². The lowest BCUT2D eigenvalue weighted by molar-refractivity contribution is 0.823. The first-order chi connectivity index (χ1) is 2.00. The smallest absolute Gasteiger partial charge is 0 e. The van der Waals surface area contributed by atoms with E-state index in [1.54, 1.807) is 0 Å². The highest BCUT2D eigenvalue weighted by Crippen LogP contribution is 3.31. The standard InChI is InChI=1S/7H2O.P4/c;;;;;;;1-2-3(1)4(1)2/h7*1H2;. The van der Waals surface area contributed by atoms with Crippen LogP contribution in [-0.2, 0) is 0 Å². The van der Waals surface area contributed by atoms with Crippen LogP contribution in [0.4, 0.5) is 0 Å². The number of hydrogen-bond donors (Lipinski definition) is 0. The maximum atomic E-state index is 1.07. The van der Waals surface area contributed by atoms with Crippen LogP contribution in [0.3, 0.4) is 0 Å². The molecule has 0 aromatic carbocycles. The monoisotopic (exact) mass is 250 g/mol. The third-order valence-corrected chi connectivity index (χ3v) is 48.5. The van der Waals surface area contributed by atoms with Gasteiger partial charge in [0.15, 0.2) is 0 Å². The Morgan fingerprint density at radius 2 is 0.364 bits per heavy atom. The fraction of sp³-hybridized carbons (Fsp3) is 0. The van der Waals surface area contributed by atoms with E-state index in [9.17, 15) is 0 Å². The molecule has 0 aliphatic rings. The van der Waals surface area contributed by atoms with Crippen molar-refractivity contribution in [3.8, 4) is 0 Å². The summed E-state index contributed by atoms with van der Waals surface area (Å²) >= 11 is 0. The maximum absolute atomic E-state index is 1.07. The second-order valence-corrected chi connectivity index (χ2v) is 29.0. The molecule has 4 aromatic rings. The highest BCUT2D eigenvalue weighted by atomic mass is 33.4. The van der Waals surface area contributed by atoms with E-state index in [1.807, 2.05) is 0 Å². The molecule has 0 amide bonds. The van der Waals surface area contributed by atoms with Crippen molar-refractivity contribution in [1.29, 1.82) is 0 Å². The Kier molecular flexibility index (Phi) is 17.4. The Morgan fingerprint density at radius 3 is 0.364 bits per heavy atom. The summed E-state index contributed by atoms with van der Waals surface area (Å²) in [4.78, 5) is 0. The molecular weight excluding hydrogens is 236 g/mol. The summed E-state index contributed by atoms with van der Waals surface area (Å²) in [7, 11) is 0. The second-order valence-electron chi connectivity index (χ2n) is 1.07. The van der Waals surface area contributed by atoms with Gasteiger partial charge >= 0.3 is 0 Å². The topological polar surface area (TPSA) is 220 Å². The zero-order valence-electron chi connectivity index (χ0n) is 5.29. The van der Waals surface area contributed by atoms with Gasteiger partial charge in [-0.2, -0.15) is 0 Å². The molecule has 0 aliphatic carbocycles. The average molecular weight is 250 g/mol. The highest BCUT2D eigenvalue weighted by molar-refractivity contribution is 9.37. The van der Waals surface area contributed by atoms with Gasteiger partial charge in [0.05, 0.1) is 0 Å². The molecule has 0 aliphatic heterocycles. The van der Waals surface area contributed by atoms with Crippen molar-refractivity contribution < 1.29 is 38.3 Å². The molecule has 11 heavy (non-hydrogen) atoms. The van der Waals surface area contributed by atoms with E-state index in [4.69, 9.17) is 0 Å². The zero-order valence-corrected chi connectivity index (χ0v) is 8.87. The summed E-state index contributed by atoms with van der Waals surface area (Å²) in [5.74, 6) is 0. The molecule has 11 heteroatoms. The van der Waals surface area contributed by atoms with Gasteiger partial charge in [0.25, 0.3) is 0 Å². The van der Waals surface area contributed by atoms with Crippen molar-refractivity contribution in [1.82, 2.24) is 0 Å². The van der Waals surface area contributed by atoms with Gasteiger partial charge in [-0.1, -0.05) is 0 Å². The molecule has 0 saturated heterocycles. The third-order valence-electron chi connectivity index (χ3n) is 0.838. The van der Waals surface area contributed by atoms with Crippen LogP contribution in [0, 0.1) is 0 Å². The van der Waals surface area contributed by atoms with Crippen LogP contribution in [0.5, 0.6) is 0 Å². The number of hydrogen-bond acceptors (Lipinski definition) is 0. The lowest BCUT2D eigenvalue weighted by atomic mass is 16.0. The van der Waals surface area contributed by atoms with Crippen molar-refractivity contribution in [3.63, 3.8) is 0 Å². The van der Waals surface area contributed by atoms with Crippen molar-refractivity contribution >= 4 is 25.5 Å². The van der Waals surface area contributed by atoms with Gasteiger partial charge in [-0.05, 0) is 0 Å². The first kappa shape index (κ1) is 29.7. The van der Waals surface area contributed by atoms with Gasteiger partial charge < -0.3 is 38.3 Å². The predicted molar refractivity (Wildman–Crippen MR) is 53.0 cm³/mol. The molecule has 0 spiro atoms. The van der Waals surface area contributed by atoms with Gasteiger partial charge in [-0.25, -0.2) is 0 Å². The molecule has 0 saturated carbocycles. The Balaban J connectivity index is -0.0000000171. The fourth-order valence-corrected chi connectivity index (χ4v) is 61.9. The number of rotatable bonds is 0. The lowest BCUT2D eigenvalue weighted by Gasteiger charge is -0.816. The predicted octanol–water partition coefficient (Wildman–Crippen LogP) is -2.33. The van der Waals surface area contributed by atoms with Crippen molar-refractivity contribution in [3.05, 3.63) is 0 Å². The Labute approximate surface area is 64.6 Å². The first-order valence-electron chi connectivity index (χ1n) is 1.20. The van der Waals surface area contributed by atoms with E-state index in [0.29, 0.717) is 0 Å².